The molecule has 222 valence electrons. The molecule has 40 heavy (non-hydrogen) atoms. The van der Waals surface area contributed by atoms with Gasteiger partial charge in [0, 0.05) is 32.1 Å². The summed E-state index contributed by atoms with van der Waals surface area (Å²) in [7, 11) is 1.59. The fourth-order valence-corrected chi connectivity index (χ4v) is 4.84. The van der Waals surface area contributed by atoms with E-state index in [1.54, 1.807) is 18.4 Å². The quantitative estimate of drug-likeness (QED) is 0.195. The van der Waals surface area contributed by atoms with Crippen LogP contribution < -0.4 is 5.32 Å². The fourth-order valence-electron chi connectivity index (χ4n) is 4.12. The molecule has 0 spiro atoms. The van der Waals surface area contributed by atoms with Crippen molar-refractivity contribution >= 4 is 34.3 Å². The summed E-state index contributed by atoms with van der Waals surface area (Å²) in [6.45, 7) is 6.63. The fraction of sp³-hybridized carbons (Fsp3) is 0.586. The number of thiazole rings is 1. The molecule has 1 aromatic heterocycles. The smallest absolute Gasteiger partial charge is 0.336 e. The van der Waals surface area contributed by atoms with Crippen molar-refractivity contribution in [2.24, 2.45) is 0 Å². The number of hydrogen-bond acceptors (Lipinski definition) is 8. The largest absolute Gasteiger partial charge is 0.480 e. The van der Waals surface area contributed by atoms with Crippen LogP contribution in [-0.2, 0) is 30.3 Å². The Morgan fingerprint density at radius 1 is 0.975 bits per heavy atom. The van der Waals surface area contributed by atoms with Crippen molar-refractivity contribution in [1.29, 1.82) is 0 Å². The molecule has 0 saturated heterocycles. The maximum absolute atomic E-state index is 13.2. The normalized spacial score (nSPS) is 12.6. The van der Waals surface area contributed by atoms with Gasteiger partial charge in [0.25, 0.3) is 5.91 Å². The van der Waals surface area contributed by atoms with Gasteiger partial charge in [-0.05, 0) is 76.0 Å². The van der Waals surface area contributed by atoms with Crippen molar-refractivity contribution in [2.75, 3.05) is 38.7 Å². The summed E-state index contributed by atoms with van der Waals surface area (Å²) in [6, 6.07) is 6.43. The highest BCUT2D eigenvalue weighted by Crippen LogP contribution is 2.16. The second kappa shape index (κ2) is 17.6. The van der Waals surface area contributed by atoms with Crippen molar-refractivity contribution in [3.63, 3.8) is 0 Å². The van der Waals surface area contributed by atoms with Crippen LogP contribution in [0.15, 0.2) is 23.6 Å². The van der Waals surface area contributed by atoms with Crippen LogP contribution in [0, 0.1) is 20.8 Å². The molecular formula is C29H43N3O7S. The molecule has 0 aliphatic heterocycles. The number of hydrogen-bond donors (Lipinski definition) is 3. The average Bonchev–Trinajstić information content (AvgIpc) is 3.32. The Labute approximate surface area is 240 Å². The molecule has 0 aliphatic carbocycles. The van der Waals surface area contributed by atoms with Crippen molar-refractivity contribution in [3.05, 3.63) is 46.0 Å². The maximum atomic E-state index is 13.2. The minimum atomic E-state index is -1.72. The molecule has 0 aliphatic rings. The molecule has 0 saturated carbocycles. The van der Waals surface area contributed by atoms with Gasteiger partial charge in [0.2, 0.25) is 0 Å². The topological polar surface area (TPSA) is 138 Å². The highest BCUT2D eigenvalue weighted by Gasteiger charge is 2.37. The lowest BCUT2D eigenvalue weighted by atomic mass is 10.0. The first-order chi connectivity index (χ1) is 19.1. The van der Waals surface area contributed by atoms with Crippen LogP contribution in [-0.4, -0.2) is 83.5 Å². The van der Waals surface area contributed by atoms with Crippen LogP contribution in [0.2, 0.25) is 0 Å². The first-order valence-electron chi connectivity index (χ1n) is 13.7. The van der Waals surface area contributed by atoms with Gasteiger partial charge in [-0.25, -0.2) is 14.6 Å². The number of ether oxygens (including phenoxy) is 2. The van der Waals surface area contributed by atoms with E-state index >= 15 is 0 Å². The number of likely N-dealkylation sites (N-methyl/N-ethyl adjacent to an activating group) is 1. The highest BCUT2D eigenvalue weighted by atomic mass is 32.1. The molecular weight excluding hydrogens is 534 g/mol. The maximum Gasteiger partial charge on any atom is 0.336 e. The van der Waals surface area contributed by atoms with Crippen molar-refractivity contribution in [3.8, 4) is 0 Å². The van der Waals surface area contributed by atoms with E-state index in [9.17, 15) is 19.5 Å². The van der Waals surface area contributed by atoms with Gasteiger partial charge < -0.3 is 29.9 Å². The molecule has 1 aromatic carbocycles. The summed E-state index contributed by atoms with van der Waals surface area (Å²) in [5.41, 5.74) is 4.76. The van der Waals surface area contributed by atoms with Gasteiger partial charge in [-0.2, -0.15) is 0 Å². The zero-order valence-electron chi connectivity index (χ0n) is 24.0. The van der Waals surface area contributed by atoms with E-state index < -0.39 is 36.7 Å². The number of aromatic nitrogens is 1. The number of carboxylic acid groups (broad SMARTS) is 2. The SMILES string of the molecule is Cc1csc(NCCCCCN(C)C(=O)C(OCCCCCc2ccc(C)c(C)c2)C(OCC(=O)O)C(=O)O)n1. The van der Waals surface area contributed by atoms with Crippen LogP contribution in [0.4, 0.5) is 5.13 Å². The minimum absolute atomic E-state index is 0.166. The second-order valence-electron chi connectivity index (χ2n) is 10.0. The van der Waals surface area contributed by atoms with Crippen LogP contribution >= 0.6 is 11.3 Å². The molecule has 0 fully saturated rings. The number of unbranched alkanes of at least 4 members (excludes halogenated alkanes) is 4. The van der Waals surface area contributed by atoms with Crippen LogP contribution in [0.5, 0.6) is 0 Å². The van der Waals surface area contributed by atoms with E-state index in [0.717, 1.165) is 55.9 Å². The van der Waals surface area contributed by atoms with Gasteiger partial charge in [0.15, 0.2) is 17.3 Å². The zero-order chi connectivity index (χ0) is 29.5. The van der Waals surface area contributed by atoms with Crippen LogP contribution in [0.25, 0.3) is 0 Å². The molecule has 1 heterocycles. The Balaban J connectivity index is 1.83. The van der Waals surface area contributed by atoms with Gasteiger partial charge in [-0.1, -0.05) is 24.6 Å². The molecule has 3 N–H and O–H groups in total. The first-order valence-corrected chi connectivity index (χ1v) is 14.6. The summed E-state index contributed by atoms with van der Waals surface area (Å²) in [5.74, 6) is -3.30. The van der Waals surface area contributed by atoms with Crippen LogP contribution in [0.1, 0.15) is 60.9 Å². The van der Waals surface area contributed by atoms with E-state index in [1.807, 2.05) is 12.3 Å². The Kier molecular flexibility index (Phi) is 14.6. The monoisotopic (exact) mass is 577 g/mol. The molecule has 10 nitrogen and oxygen atoms in total. The van der Waals surface area contributed by atoms with Gasteiger partial charge in [0.05, 0.1) is 5.69 Å². The number of anilines is 1. The van der Waals surface area contributed by atoms with Gasteiger partial charge in [-0.15, -0.1) is 11.3 Å². The number of carbonyl (C=O) groups excluding carboxylic acids is 1. The average molecular weight is 578 g/mol. The lowest BCUT2D eigenvalue weighted by Gasteiger charge is -2.27. The number of amides is 1. The summed E-state index contributed by atoms with van der Waals surface area (Å²) >= 11 is 1.56. The van der Waals surface area contributed by atoms with E-state index in [2.05, 4.69) is 42.3 Å². The van der Waals surface area contributed by atoms with E-state index in [-0.39, 0.29) is 6.61 Å². The Morgan fingerprint density at radius 2 is 1.73 bits per heavy atom. The second-order valence-corrected chi connectivity index (χ2v) is 10.9. The van der Waals surface area contributed by atoms with Crippen molar-refractivity contribution < 1.29 is 34.1 Å². The van der Waals surface area contributed by atoms with E-state index in [1.165, 1.54) is 21.6 Å². The van der Waals surface area contributed by atoms with Crippen molar-refractivity contribution in [1.82, 2.24) is 9.88 Å². The Hall–Kier alpha value is -3.02. The number of benzene rings is 1. The zero-order valence-corrected chi connectivity index (χ0v) is 24.8. The Bertz CT molecular complexity index is 1090. The van der Waals surface area contributed by atoms with E-state index in [4.69, 9.17) is 14.6 Å². The highest BCUT2D eigenvalue weighted by molar-refractivity contribution is 7.13. The molecule has 11 heteroatoms. The lowest BCUT2D eigenvalue weighted by Crippen LogP contribution is -2.50. The summed E-state index contributed by atoms with van der Waals surface area (Å²) in [5, 5.41) is 24.8. The van der Waals surface area contributed by atoms with Gasteiger partial charge in [-0.3, -0.25) is 4.79 Å². The third-order valence-electron chi connectivity index (χ3n) is 6.57. The number of nitrogens with one attached hydrogen (secondary N) is 1. The lowest BCUT2D eigenvalue weighted by molar-refractivity contribution is -0.175. The summed E-state index contributed by atoms with van der Waals surface area (Å²) in [4.78, 5) is 41.9. The molecule has 0 radical (unpaired) electrons. The third kappa shape index (κ3) is 12.0. The molecule has 0 bridgehead atoms. The standard InChI is InChI=1S/C29H43N3O7S/c1-20-12-13-23(17-21(20)2)11-7-5-10-16-38-25(26(28(36)37)39-18-24(33)34)27(35)32(4)15-9-6-8-14-30-29-31-22(3)19-40-29/h12-13,17,19,25-26H,5-11,14-16,18H2,1-4H3,(H,30,31)(H,33,34)(H,36,37). The predicted molar refractivity (Wildman–Crippen MR) is 155 cm³/mol. The first kappa shape index (κ1) is 33.2. The summed E-state index contributed by atoms with van der Waals surface area (Å²) < 4.78 is 10.8. The number of nitrogens with zero attached hydrogens (tertiary/aromatic N) is 2. The van der Waals surface area contributed by atoms with Gasteiger partial charge in [0.1, 0.15) is 6.61 Å². The molecule has 1 amide bonds. The minimum Gasteiger partial charge on any atom is -0.480 e. The number of rotatable bonds is 20. The predicted octanol–water partition coefficient (Wildman–Crippen LogP) is 4.46. The Morgan fingerprint density at radius 3 is 2.38 bits per heavy atom. The molecule has 2 atom stereocenters. The van der Waals surface area contributed by atoms with Gasteiger partial charge >= 0.3 is 11.9 Å². The molecule has 2 aromatic rings. The molecule has 2 rings (SSSR count). The number of aryl methyl sites for hydroxylation is 4. The third-order valence-corrected chi connectivity index (χ3v) is 7.49. The van der Waals surface area contributed by atoms with E-state index in [0.29, 0.717) is 13.0 Å². The number of aliphatic carboxylic acids is 2. The number of carbonyl (C=O) groups is 3. The van der Waals surface area contributed by atoms with Crippen LogP contribution in [0.3, 0.4) is 0 Å². The van der Waals surface area contributed by atoms with Crippen molar-refractivity contribution in [2.45, 2.75) is 77.9 Å². The number of carboxylic acids is 2. The molecule has 2 unspecified atom stereocenters. The summed E-state index contributed by atoms with van der Waals surface area (Å²) in [6.07, 6.45) is 2.65.